The van der Waals surface area contributed by atoms with E-state index in [9.17, 15) is 26.0 Å². The highest BCUT2D eigenvalue weighted by atomic mass is 32.2. The second kappa shape index (κ2) is 8.58. The van der Waals surface area contributed by atoms with E-state index in [0.29, 0.717) is 0 Å². The zero-order valence-electron chi connectivity index (χ0n) is 18.1. The zero-order valence-corrected chi connectivity index (χ0v) is 18.9. The number of alkyl halides is 3. The third kappa shape index (κ3) is 6.60. The number of nitrogens with zero attached hydrogens (tertiary/aromatic N) is 3. The van der Waals surface area contributed by atoms with Crippen LogP contribution >= 0.6 is 0 Å². The lowest BCUT2D eigenvalue weighted by Crippen LogP contribution is -2.27. The fourth-order valence-electron chi connectivity index (χ4n) is 2.79. The Morgan fingerprint density at radius 1 is 0.909 bits per heavy atom. The van der Waals surface area contributed by atoms with Gasteiger partial charge in [-0.25, -0.2) is 27.8 Å². The van der Waals surface area contributed by atoms with Crippen molar-refractivity contribution >= 4 is 27.2 Å². The van der Waals surface area contributed by atoms with Gasteiger partial charge < -0.3 is 10.6 Å². The number of rotatable bonds is 5. The van der Waals surface area contributed by atoms with E-state index < -0.39 is 33.1 Å². The molecular weight excluding hydrogens is 462 g/mol. The molecular formula is C21H21F4N5O2S. The smallest absolute Gasteiger partial charge is 0.365 e. The fourth-order valence-corrected chi connectivity index (χ4v) is 3.46. The van der Waals surface area contributed by atoms with Crippen LogP contribution in [0.5, 0.6) is 0 Å². The molecule has 0 aliphatic carbocycles. The van der Waals surface area contributed by atoms with Crippen LogP contribution in [0, 0.1) is 5.82 Å². The summed E-state index contributed by atoms with van der Waals surface area (Å²) in [5.41, 5.74) is -1.59. The molecule has 0 saturated carbocycles. The molecule has 0 bridgehead atoms. The number of hydrogen-bond donors (Lipinski definition) is 2. The highest BCUT2D eigenvalue weighted by molar-refractivity contribution is 7.90. The Hall–Kier alpha value is -3.28. The number of hydrogen-bond acceptors (Lipinski definition) is 7. The number of sulfone groups is 1. The molecule has 7 nitrogen and oxygen atoms in total. The minimum Gasteiger partial charge on any atom is -0.365 e. The molecule has 0 atom stereocenters. The van der Waals surface area contributed by atoms with Crippen molar-refractivity contribution in [3.05, 3.63) is 54.0 Å². The summed E-state index contributed by atoms with van der Waals surface area (Å²) >= 11 is 0. The molecule has 0 fully saturated rings. The maximum absolute atomic E-state index is 14.0. The van der Waals surface area contributed by atoms with Gasteiger partial charge in [0, 0.05) is 23.5 Å². The Labute approximate surface area is 188 Å². The molecule has 33 heavy (non-hydrogen) atoms. The Morgan fingerprint density at radius 2 is 1.58 bits per heavy atom. The van der Waals surface area contributed by atoms with Crippen LogP contribution in [0.25, 0.3) is 11.5 Å². The summed E-state index contributed by atoms with van der Waals surface area (Å²) in [6.07, 6.45) is -3.71. The summed E-state index contributed by atoms with van der Waals surface area (Å²) in [5.74, 6) is -0.537. The van der Waals surface area contributed by atoms with Crippen LogP contribution in [0.3, 0.4) is 0 Å². The molecule has 3 rings (SSSR count). The third-order valence-corrected chi connectivity index (χ3v) is 5.16. The van der Waals surface area contributed by atoms with E-state index in [2.05, 4.69) is 25.6 Å². The number of aromatic nitrogens is 3. The summed E-state index contributed by atoms with van der Waals surface area (Å²) in [6, 6.07) is 7.99. The summed E-state index contributed by atoms with van der Waals surface area (Å²) in [5, 5.41) is 5.89. The van der Waals surface area contributed by atoms with Crippen molar-refractivity contribution in [3.8, 4) is 11.5 Å². The van der Waals surface area contributed by atoms with Crippen molar-refractivity contribution in [2.45, 2.75) is 37.4 Å². The highest BCUT2D eigenvalue weighted by Crippen LogP contribution is 2.30. The quantitative estimate of drug-likeness (QED) is 0.490. The van der Waals surface area contributed by atoms with Crippen molar-refractivity contribution in [2.24, 2.45) is 0 Å². The van der Waals surface area contributed by atoms with Crippen LogP contribution in [-0.2, 0) is 16.0 Å². The topological polar surface area (TPSA) is 96.9 Å². The van der Waals surface area contributed by atoms with Gasteiger partial charge in [0.05, 0.1) is 4.90 Å². The van der Waals surface area contributed by atoms with Gasteiger partial charge in [-0.3, -0.25) is 0 Å². The van der Waals surface area contributed by atoms with E-state index in [4.69, 9.17) is 0 Å². The van der Waals surface area contributed by atoms with Gasteiger partial charge in [0.15, 0.2) is 15.7 Å². The van der Waals surface area contributed by atoms with Crippen LogP contribution in [-0.4, -0.2) is 35.2 Å². The average molecular weight is 483 g/mol. The Morgan fingerprint density at radius 3 is 2.18 bits per heavy atom. The predicted octanol–water partition coefficient (Wildman–Crippen LogP) is 5.05. The van der Waals surface area contributed by atoms with Crippen LogP contribution in [0.1, 0.15) is 26.5 Å². The molecule has 0 unspecified atom stereocenters. The SMILES string of the molecule is CC(C)(C)Nc1cc(Nc2cc(F)cc(S(C)(=O)=O)c2)nc(-c2cccc(C(F)(F)F)n2)n1. The van der Waals surface area contributed by atoms with Crippen molar-refractivity contribution < 1.29 is 26.0 Å². The Kier molecular flexibility index (Phi) is 6.33. The number of benzene rings is 1. The first-order chi connectivity index (χ1) is 15.1. The van der Waals surface area contributed by atoms with E-state index in [1.54, 1.807) is 0 Å². The van der Waals surface area contributed by atoms with Gasteiger partial charge in [0.25, 0.3) is 0 Å². The van der Waals surface area contributed by atoms with Gasteiger partial charge in [-0.2, -0.15) is 13.2 Å². The van der Waals surface area contributed by atoms with Crippen molar-refractivity contribution in [3.63, 3.8) is 0 Å². The molecule has 0 aliphatic rings. The van der Waals surface area contributed by atoms with Crippen molar-refractivity contribution in [1.82, 2.24) is 15.0 Å². The zero-order chi connectivity index (χ0) is 24.6. The molecule has 176 valence electrons. The third-order valence-electron chi connectivity index (χ3n) is 4.07. The molecule has 0 spiro atoms. The van der Waals surface area contributed by atoms with Crippen molar-refractivity contribution in [1.29, 1.82) is 0 Å². The standard InChI is InChI=1S/C21H21F4N5O2S/c1-20(2,3)30-18-11-17(26-13-8-12(22)9-14(10-13)33(4,31)32)28-19(29-18)15-6-5-7-16(27-15)21(23,24)25/h5-11H,1-4H3,(H2,26,28,29,30). The van der Waals surface area contributed by atoms with E-state index in [0.717, 1.165) is 24.5 Å². The van der Waals surface area contributed by atoms with E-state index >= 15 is 0 Å². The molecule has 2 aromatic heterocycles. The normalized spacial score (nSPS) is 12.5. The second-order valence-corrected chi connectivity index (χ2v) is 10.3. The number of halogens is 4. The summed E-state index contributed by atoms with van der Waals surface area (Å²) in [7, 11) is -3.68. The first-order valence-electron chi connectivity index (χ1n) is 9.60. The molecule has 0 radical (unpaired) electrons. The maximum Gasteiger partial charge on any atom is 0.433 e. The molecule has 0 aliphatic heterocycles. The van der Waals surface area contributed by atoms with Crippen LogP contribution in [0.4, 0.5) is 34.9 Å². The van der Waals surface area contributed by atoms with Crippen LogP contribution < -0.4 is 10.6 Å². The molecule has 0 amide bonds. The highest BCUT2D eigenvalue weighted by Gasteiger charge is 2.32. The first kappa shape index (κ1) is 24.4. The molecule has 2 heterocycles. The Balaban J connectivity index is 2.10. The van der Waals surface area contributed by atoms with Gasteiger partial charge in [0.1, 0.15) is 28.8 Å². The van der Waals surface area contributed by atoms with Gasteiger partial charge >= 0.3 is 6.18 Å². The Bertz CT molecular complexity index is 1290. The summed E-state index contributed by atoms with van der Waals surface area (Å²) in [6.45, 7) is 5.57. The molecule has 12 heteroatoms. The van der Waals surface area contributed by atoms with E-state index in [1.807, 2.05) is 20.8 Å². The monoisotopic (exact) mass is 483 g/mol. The van der Waals surface area contributed by atoms with Gasteiger partial charge in [-0.15, -0.1) is 0 Å². The van der Waals surface area contributed by atoms with Crippen LogP contribution in [0.2, 0.25) is 0 Å². The number of anilines is 3. The van der Waals surface area contributed by atoms with Crippen LogP contribution in [0.15, 0.2) is 47.4 Å². The largest absolute Gasteiger partial charge is 0.433 e. The lowest BCUT2D eigenvalue weighted by Gasteiger charge is -2.22. The van der Waals surface area contributed by atoms with Crippen molar-refractivity contribution in [2.75, 3.05) is 16.9 Å². The fraction of sp³-hybridized carbons (Fsp3) is 0.286. The van der Waals surface area contributed by atoms with E-state index in [-0.39, 0.29) is 33.7 Å². The minimum absolute atomic E-state index is 0.0822. The lowest BCUT2D eigenvalue weighted by molar-refractivity contribution is -0.141. The lowest BCUT2D eigenvalue weighted by atomic mass is 10.1. The average Bonchev–Trinajstić information content (AvgIpc) is 2.64. The van der Waals surface area contributed by atoms with E-state index in [1.165, 1.54) is 24.3 Å². The maximum atomic E-state index is 14.0. The number of pyridine rings is 1. The van der Waals surface area contributed by atoms with Gasteiger partial charge in [-0.05, 0) is 51.1 Å². The van der Waals surface area contributed by atoms with Gasteiger partial charge in [-0.1, -0.05) is 6.07 Å². The molecule has 2 N–H and O–H groups in total. The summed E-state index contributed by atoms with van der Waals surface area (Å²) < 4.78 is 77.0. The first-order valence-corrected chi connectivity index (χ1v) is 11.5. The molecule has 1 aromatic carbocycles. The molecule has 0 saturated heterocycles. The second-order valence-electron chi connectivity index (χ2n) is 8.32. The predicted molar refractivity (Wildman–Crippen MR) is 116 cm³/mol. The number of nitrogens with one attached hydrogen (secondary N) is 2. The minimum atomic E-state index is -4.65. The summed E-state index contributed by atoms with van der Waals surface area (Å²) in [4.78, 5) is 11.8. The molecule has 3 aromatic rings. The van der Waals surface area contributed by atoms with Gasteiger partial charge in [0.2, 0.25) is 0 Å².